The molecule has 0 aromatic heterocycles. The summed E-state index contributed by atoms with van der Waals surface area (Å²) >= 11 is 0. The fourth-order valence-electron chi connectivity index (χ4n) is 4.87. The van der Waals surface area contributed by atoms with Crippen molar-refractivity contribution in [2.45, 2.75) is 77.1 Å². The molecule has 1 aliphatic heterocycles. The van der Waals surface area contributed by atoms with Crippen LogP contribution in [0.2, 0.25) is 5.04 Å². The number of carbonyl (C=O) groups is 1. The quantitative estimate of drug-likeness (QED) is 0.517. The molecule has 3 rings (SSSR count). The Labute approximate surface area is 199 Å². The molecule has 2 aromatic carbocycles. The van der Waals surface area contributed by atoms with Gasteiger partial charge in [0.2, 0.25) is 0 Å². The summed E-state index contributed by atoms with van der Waals surface area (Å²) in [6.07, 6.45) is -1.27. The lowest BCUT2D eigenvalue weighted by atomic mass is 10.0. The smallest absolute Gasteiger partial charge is 0.261 e. The highest BCUT2D eigenvalue weighted by atomic mass is 28.4. The van der Waals surface area contributed by atoms with E-state index in [1.54, 1.807) is 7.11 Å². The van der Waals surface area contributed by atoms with Crippen LogP contribution in [-0.4, -0.2) is 51.9 Å². The van der Waals surface area contributed by atoms with Crippen LogP contribution < -0.4 is 10.4 Å². The van der Waals surface area contributed by atoms with Crippen LogP contribution >= 0.6 is 0 Å². The van der Waals surface area contributed by atoms with Gasteiger partial charge in [-0.1, -0.05) is 88.4 Å². The lowest BCUT2D eigenvalue weighted by Gasteiger charge is -2.43. The van der Waals surface area contributed by atoms with Gasteiger partial charge in [-0.2, -0.15) is 0 Å². The topological polar surface area (TPSA) is 54.0 Å². The lowest BCUT2D eigenvalue weighted by molar-refractivity contribution is -0.162. The first kappa shape index (κ1) is 25.8. The van der Waals surface area contributed by atoms with E-state index in [9.17, 15) is 4.79 Å². The number of benzene rings is 2. The average molecular weight is 471 g/mol. The molecule has 6 heteroatoms. The Morgan fingerprint density at radius 2 is 1.52 bits per heavy atom. The van der Waals surface area contributed by atoms with E-state index in [-0.39, 0.29) is 10.8 Å². The number of methoxy groups -OCH3 is 1. The Balaban J connectivity index is 2.02. The maximum Gasteiger partial charge on any atom is 0.261 e. The zero-order valence-corrected chi connectivity index (χ0v) is 22.0. The minimum atomic E-state index is -2.73. The zero-order valence-electron chi connectivity index (χ0n) is 21.0. The van der Waals surface area contributed by atoms with Gasteiger partial charge in [0.25, 0.3) is 8.32 Å². The molecule has 1 fully saturated rings. The molecule has 1 aliphatic rings. The molecule has 0 saturated carbocycles. The summed E-state index contributed by atoms with van der Waals surface area (Å²) < 4.78 is 25.1. The number of hydrogen-bond donors (Lipinski definition) is 0. The predicted molar refractivity (Wildman–Crippen MR) is 133 cm³/mol. The molecule has 1 saturated heterocycles. The van der Waals surface area contributed by atoms with E-state index in [2.05, 4.69) is 69.3 Å². The van der Waals surface area contributed by atoms with Gasteiger partial charge in [0.05, 0.1) is 6.61 Å². The van der Waals surface area contributed by atoms with E-state index in [0.717, 1.165) is 0 Å². The molecular weight excluding hydrogens is 432 g/mol. The Hall–Kier alpha value is -1.83. The molecule has 5 nitrogen and oxygen atoms in total. The van der Waals surface area contributed by atoms with Crippen molar-refractivity contribution < 1.29 is 23.4 Å². The van der Waals surface area contributed by atoms with E-state index in [1.807, 2.05) is 32.9 Å². The van der Waals surface area contributed by atoms with Crippen molar-refractivity contribution in [2.75, 3.05) is 13.7 Å². The zero-order chi connectivity index (χ0) is 24.3. The third-order valence-corrected chi connectivity index (χ3v) is 11.3. The molecule has 0 amide bonds. The van der Waals surface area contributed by atoms with Crippen LogP contribution in [0.3, 0.4) is 0 Å². The van der Waals surface area contributed by atoms with Crippen molar-refractivity contribution in [1.82, 2.24) is 0 Å². The number of carbonyl (C=O) groups excluding carboxylic acids is 1. The van der Waals surface area contributed by atoms with Crippen LogP contribution in [0.25, 0.3) is 0 Å². The van der Waals surface area contributed by atoms with Crippen molar-refractivity contribution in [3.63, 3.8) is 0 Å². The molecule has 0 radical (unpaired) electrons. The number of ketones is 1. The Kier molecular flexibility index (Phi) is 7.97. The second-order valence-corrected chi connectivity index (χ2v) is 14.4. The Morgan fingerprint density at radius 1 is 1.00 bits per heavy atom. The monoisotopic (exact) mass is 470 g/mol. The summed E-state index contributed by atoms with van der Waals surface area (Å²) in [6.45, 7) is 12.6. The number of Topliss-reactive ketones (excluding diaryl/α,β-unsaturated/α-hetero) is 1. The normalized spacial score (nSPS) is 21.7. The van der Waals surface area contributed by atoms with Crippen LogP contribution in [0.1, 0.15) is 48.0 Å². The van der Waals surface area contributed by atoms with Gasteiger partial charge in [-0.05, 0) is 29.3 Å². The molecule has 0 unspecified atom stereocenters. The van der Waals surface area contributed by atoms with Gasteiger partial charge in [-0.3, -0.25) is 4.79 Å². The number of ether oxygens (including phenoxy) is 3. The van der Waals surface area contributed by atoms with Crippen LogP contribution in [0.5, 0.6) is 0 Å². The van der Waals surface area contributed by atoms with Crippen molar-refractivity contribution in [1.29, 1.82) is 0 Å². The lowest BCUT2D eigenvalue weighted by Crippen LogP contribution is -2.67. The predicted octanol–water partition coefficient (Wildman–Crippen LogP) is 4.08. The third kappa shape index (κ3) is 5.31. The van der Waals surface area contributed by atoms with E-state index >= 15 is 0 Å². The first-order chi connectivity index (χ1) is 15.6. The SMILES string of the molecule is CCC(=O)[C@H](OC)[C@H]1OC(C)(C)O[C@H]1CO[Si](c1ccccc1)(c1ccccc1)C(C)(C)C. The van der Waals surface area contributed by atoms with E-state index in [4.69, 9.17) is 18.6 Å². The molecule has 0 bridgehead atoms. The molecule has 2 aromatic rings. The largest absolute Gasteiger partial charge is 0.405 e. The minimum Gasteiger partial charge on any atom is -0.405 e. The van der Waals surface area contributed by atoms with Crippen LogP contribution in [0.15, 0.2) is 60.7 Å². The summed E-state index contributed by atoms with van der Waals surface area (Å²) in [4.78, 5) is 12.6. The second-order valence-electron chi connectivity index (χ2n) is 10.1. The highest BCUT2D eigenvalue weighted by Gasteiger charge is 2.53. The molecule has 180 valence electrons. The highest BCUT2D eigenvalue weighted by molar-refractivity contribution is 6.99. The van der Waals surface area contributed by atoms with Gasteiger partial charge in [0.15, 0.2) is 11.6 Å². The van der Waals surface area contributed by atoms with Crippen molar-refractivity contribution in [2.24, 2.45) is 0 Å². The van der Waals surface area contributed by atoms with Crippen LogP contribution in [0, 0.1) is 0 Å². The van der Waals surface area contributed by atoms with E-state index in [0.29, 0.717) is 13.0 Å². The van der Waals surface area contributed by atoms with Crippen molar-refractivity contribution >= 4 is 24.5 Å². The van der Waals surface area contributed by atoms with Gasteiger partial charge in [0, 0.05) is 13.5 Å². The van der Waals surface area contributed by atoms with Gasteiger partial charge in [-0.15, -0.1) is 0 Å². The van der Waals surface area contributed by atoms with Gasteiger partial charge >= 0.3 is 0 Å². The first-order valence-corrected chi connectivity index (χ1v) is 13.6. The average Bonchev–Trinajstić information content (AvgIpc) is 3.09. The molecule has 0 spiro atoms. The van der Waals surface area contributed by atoms with Crippen LogP contribution in [0.4, 0.5) is 0 Å². The van der Waals surface area contributed by atoms with Crippen molar-refractivity contribution in [3.8, 4) is 0 Å². The van der Waals surface area contributed by atoms with E-state index in [1.165, 1.54) is 10.4 Å². The maximum atomic E-state index is 12.6. The summed E-state index contributed by atoms with van der Waals surface area (Å²) in [6, 6.07) is 21.0. The Morgan fingerprint density at radius 3 is 1.94 bits per heavy atom. The highest BCUT2D eigenvalue weighted by Crippen LogP contribution is 2.38. The first-order valence-electron chi connectivity index (χ1n) is 11.7. The second kappa shape index (κ2) is 10.2. The summed E-state index contributed by atoms with van der Waals surface area (Å²) in [5.41, 5.74) is 0. The standard InChI is InChI=1S/C27H38O5Si/c1-8-22(28)24(29-7)25-23(31-27(5,6)32-25)19-30-33(26(2,3)4,20-15-11-9-12-16-20)21-17-13-10-14-18-21/h9-18,23-25H,8,19H2,1-7H3/t23-,24-,25-/m0/s1. The van der Waals surface area contributed by atoms with Crippen LogP contribution in [-0.2, 0) is 23.4 Å². The van der Waals surface area contributed by atoms with E-state index < -0.39 is 32.4 Å². The van der Waals surface area contributed by atoms with Gasteiger partial charge in [-0.25, -0.2) is 0 Å². The minimum absolute atomic E-state index is 0.000696. The van der Waals surface area contributed by atoms with Gasteiger partial charge < -0.3 is 18.6 Å². The molecule has 0 N–H and O–H groups in total. The molecule has 3 atom stereocenters. The number of hydrogen-bond acceptors (Lipinski definition) is 5. The van der Waals surface area contributed by atoms with Crippen molar-refractivity contribution in [3.05, 3.63) is 60.7 Å². The Bertz CT molecular complexity index is 868. The fraction of sp³-hybridized carbons (Fsp3) is 0.519. The number of rotatable bonds is 9. The summed E-state index contributed by atoms with van der Waals surface area (Å²) in [5.74, 6) is -0.825. The third-order valence-electron chi connectivity index (χ3n) is 6.32. The molecule has 1 heterocycles. The molecule has 33 heavy (non-hydrogen) atoms. The maximum absolute atomic E-state index is 12.6. The summed E-state index contributed by atoms with van der Waals surface area (Å²) in [5, 5.41) is 2.25. The molecule has 0 aliphatic carbocycles. The summed E-state index contributed by atoms with van der Waals surface area (Å²) in [7, 11) is -1.19. The van der Waals surface area contributed by atoms with Gasteiger partial charge in [0.1, 0.15) is 18.3 Å². The fourth-order valence-corrected chi connectivity index (χ4v) is 9.44. The molecular formula is C27H38O5Si.